The van der Waals surface area contributed by atoms with Crippen LogP contribution in [0.15, 0.2) is 76.4 Å². The normalized spacial score (nSPS) is 11.0. The maximum absolute atomic E-state index is 5.46. The van der Waals surface area contributed by atoms with Gasteiger partial charge in [-0.1, -0.05) is 30.3 Å². The molecule has 0 unspecified atom stereocenters. The van der Waals surface area contributed by atoms with Crippen molar-refractivity contribution in [2.24, 2.45) is 10.2 Å². The highest BCUT2D eigenvalue weighted by molar-refractivity contribution is 7.12. The summed E-state index contributed by atoms with van der Waals surface area (Å²) in [5.41, 5.74) is 2.68. The van der Waals surface area contributed by atoms with Gasteiger partial charge < -0.3 is 4.72 Å². The van der Waals surface area contributed by atoms with Crippen molar-refractivity contribution >= 4 is 43.8 Å². The molecule has 3 aromatic rings. The zero-order chi connectivity index (χ0) is 16.1. The lowest BCUT2D eigenvalue weighted by Crippen LogP contribution is -2.31. The van der Waals surface area contributed by atoms with E-state index in [2.05, 4.69) is 26.9 Å². The van der Waals surface area contributed by atoms with E-state index in [1.165, 1.54) is 5.56 Å². The SMILES string of the molecule is [B]N([B])c1ccc(N=Nc2scc[n+]2Cc2ccccc2)cc1. The van der Waals surface area contributed by atoms with E-state index in [1.807, 2.05) is 41.9 Å². The van der Waals surface area contributed by atoms with Crippen molar-refractivity contribution in [1.82, 2.24) is 0 Å². The van der Waals surface area contributed by atoms with E-state index >= 15 is 0 Å². The molecule has 4 radical (unpaired) electrons. The molecule has 0 aliphatic heterocycles. The summed E-state index contributed by atoms with van der Waals surface area (Å²) < 4.78 is 3.13. The standard InChI is InChI=1S/C16H13B2N4S/c17-22(18)15-8-6-14(7-9-15)19-20-16-21(10-11-23-16)12-13-4-2-1-3-5-13/h1-11H,12H2/q+1. The van der Waals surface area contributed by atoms with E-state index in [0.717, 1.165) is 22.1 Å². The molecule has 0 amide bonds. The van der Waals surface area contributed by atoms with E-state index in [0.29, 0.717) is 5.69 Å². The quantitative estimate of drug-likeness (QED) is 0.403. The molecule has 7 heteroatoms. The van der Waals surface area contributed by atoms with Crippen molar-refractivity contribution in [2.75, 3.05) is 4.72 Å². The summed E-state index contributed by atoms with van der Waals surface area (Å²) in [6.07, 6.45) is 2.01. The van der Waals surface area contributed by atoms with Gasteiger partial charge in [0.05, 0.1) is 5.11 Å². The first-order valence-electron chi connectivity index (χ1n) is 7.04. The molecule has 0 atom stereocenters. The third-order valence-electron chi connectivity index (χ3n) is 3.25. The average molecular weight is 315 g/mol. The first-order valence-corrected chi connectivity index (χ1v) is 7.92. The van der Waals surface area contributed by atoms with Gasteiger partial charge in [0.1, 0.15) is 18.4 Å². The van der Waals surface area contributed by atoms with Crippen LogP contribution in [-0.2, 0) is 6.54 Å². The Balaban J connectivity index is 1.74. The van der Waals surface area contributed by atoms with Crippen molar-refractivity contribution in [2.45, 2.75) is 6.54 Å². The fraction of sp³-hybridized carbons (Fsp3) is 0.0625. The van der Waals surface area contributed by atoms with Gasteiger partial charge in [-0.15, -0.1) is 0 Å². The second kappa shape index (κ2) is 7.24. The number of nitrogens with zero attached hydrogens (tertiary/aromatic N) is 4. The molecule has 0 saturated heterocycles. The molecule has 1 heterocycles. The van der Waals surface area contributed by atoms with Crippen molar-refractivity contribution in [3.8, 4) is 0 Å². The number of benzene rings is 2. The van der Waals surface area contributed by atoms with Crippen LogP contribution in [0.3, 0.4) is 0 Å². The Morgan fingerprint density at radius 2 is 1.70 bits per heavy atom. The number of aromatic nitrogens is 1. The van der Waals surface area contributed by atoms with Gasteiger partial charge in [0.2, 0.25) is 16.0 Å². The molecule has 0 aliphatic rings. The van der Waals surface area contributed by atoms with Crippen molar-refractivity contribution in [3.05, 3.63) is 71.7 Å². The zero-order valence-electron chi connectivity index (χ0n) is 12.4. The molecular formula is C16H13B2N4S+. The van der Waals surface area contributed by atoms with Crippen molar-refractivity contribution in [1.29, 1.82) is 0 Å². The summed E-state index contributed by atoms with van der Waals surface area (Å²) in [5.74, 6) is 0. The summed E-state index contributed by atoms with van der Waals surface area (Å²) in [5, 5.41) is 11.4. The fourth-order valence-electron chi connectivity index (χ4n) is 2.07. The maximum Gasteiger partial charge on any atom is 0.408 e. The third kappa shape index (κ3) is 4.07. The number of hydrogen-bond donors (Lipinski definition) is 0. The van der Waals surface area contributed by atoms with Crippen LogP contribution in [0, 0.1) is 0 Å². The number of azo groups is 1. The van der Waals surface area contributed by atoms with Crippen LogP contribution in [0.1, 0.15) is 5.56 Å². The molecule has 1 aromatic heterocycles. The summed E-state index contributed by atoms with van der Waals surface area (Å²) in [6.45, 7) is 0.771. The molecule has 0 bridgehead atoms. The van der Waals surface area contributed by atoms with Crippen LogP contribution < -0.4 is 9.29 Å². The van der Waals surface area contributed by atoms with Gasteiger partial charge in [0, 0.05) is 11.1 Å². The monoisotopic (exact) mass is 315 g/mol. The van der Waals surface area contributed by atoms with E-state index in [-0.39, 0.29) is 0 Å². The predicted molar refractivity (Wildman–Crippen MR) is 94.7 cm³/mol. The summed E-state index contributed by atoms with van der Waals surface area (Å²) >= 11 is 1.55. The first kappa shape index (κ1) is 15.5. The lowest BCUT2D eigenvalue weighted by molar-refractivity contribution is -0.671. The Bertz CT molecular complexity index is 785. The minimum atomic E-state index is 0.708. The minimum absolute atomic E-state index is 0.708. The highest BCUT2D eigenvalue weighted by Crippen LogP contribution is 2.21. The van der Waals surface area contributed by atoms with Gasteiger partial charge in [-0.25, -0.2) is 4.57 Å². The predicted octanol–water partition coefficient (Wildman–Crippen LogP) is 3.47. The van der Waals surface area contributed by atoms with E-state index in [1.54, 1.807) is 23.5 Å². The third-order valence-corrected chi connectivity index (χ3v) is 4.04. The molecule has 4 nitrogen and oxygen atoms in total. The van der Waals surface area contributed by atoms with Gasteiger partial charge in [-0.05, 0) is 46.3 Å². The largest absolute Gasteiger partial charge is 0.479 e. The van der Waals surface area contributed by atoms with Crippen LogP contribution in [0.2, 0.25) is 0 Å². The Morgan fingerprint density at radius 1 is 0.957 bits per heavy atom. The lowest BCUT2D eigenvalue weighted by atomic mass is 10.1. The van der Waals surface area contributed by atoms with Crippen LogP contribution in [-0.4, -0.2) is 16.0 Å². The summed E-state index contributed by atoms with van der Waals surface area (Å²) in [6, 6.07) is 17.5. The number of rotatable bonds is 5. The van der Waals surface area contributed by atoms with E-state index in [9.17, 15) is 0 Å². The maximum atomic E-state index is 5.46. The smallest absolute Gasteiger partial charge is 0.408 e. The molecule has 108 valence electrons. The second-order valence-corrected chi connectivity index (χ2v) is 5.80. The molecule has 0 spiro atoms. The Hall–Kier alpha value is -2.40. The second-order valence-electron chi connectivity index (χ2n) is 4.92. The molecule has 2 aromatic carbocycles. The van der Waals surface area contributed by atoms with Crippen molar-refractivity contribution in [3.63, 3.8) is 0 Å². The Morgan fingerprint density at radius 3 is 2.39 bits per heavy atom. The molecule has 0 saturated carbocycles. The molecular weight excluding hydrogens is 302 g/mol. The topological polar surface area (TPSA) is 31.8 Å². The highest BCUT2D eigenvalue weighted by Gasteiger charge is 2.12. The molecule has 3 rings (SSSR count). The van der Waals surface area contributed by atoms with E-state index in [4.69, 9.17) is 16.0 Å². The zero-order valence-corrected chi connectivity index (χ0v) is 13.2. The number of anilines is 1. The number of thiazole rings is 1. The highest BCUT2D eigenvalue weighted by atomic mass is 32.1. The fourth-order valence-corrected chi connectivity index (χ4v) is 2.75. The minimum Gasteiger partial charge on any atom is -0.479 e. The van der Waals surface area contributed by atoms with Gasteiger partial charge >= 0.3 is 5.13 Å². The van der Waals surface area contributed by atoms with Gasteiger partial charge in [-0.3, -0.25) is 0 Å². The van der Waals surface area contributed by atoms with Gasteiger partial charge in [0.25, 0.3) is 0 Å². The summed E-state index contributed by atoms with van der Waals surface area (Å²) in [4.78, 5) is 0. The Labute approximate surface area is 142 Å². The first-order chi connectivity index (χ1) is 11.2. The number of hydrogen-bond acceptors (Lipinski definition) is 4. The average Bonchev–Trinajstić information content (AvgIpc) is 3.01. The Kier molecular flexibility index (Phi) is 4.88. The van der Waals surface area contributed by atoms with Gasteiger partial charge in [-0.2, -0.15) is 0 Å². The van der Waals surface area contributed by atoms with Crippen molar-refractivity contribution < 1.29 is 4.57 Å². The van der Waals surface area contributed by atoms with Crippen LogP contribution in [0.4, 0.5) is 16.5 Å². The van der Waals surface area contributed by atoms with Crippen LogP contribution in [0.5, 0.6) is 0 Å². The van der Waals surface area contributed by atoms with Crippen LogP contribution in [0.25, 0.3) is 0 Å². The van der Waals surface area contributed by atoms with E-state index < -0.39 is 0 Å². The molecule has 0 fully saturated rings. The molecule has 0 N–H and O–H groups in total. The molecule has 23 heavy (non-hydrogen) atoms. The van der Waals surface area contributed by atoms with Crippen LogP contribution >= 0.6 is 11.3 Å². The summed E-state index contributed by atoms with van der Waals surface area (Å²) in [7, 11) is 10.9. The molecule has 0 aliphatic carbocycles. The lowest BCUT2D eigenvalue weighted by Gasteiger charge is -2.12. The van der Waals surface area contributed by atoms with Gasteiger partial charge in [0.15, 0.2) is 0 Å².